The van der Waals surface area contributed by atoms with Gasteiger partial charge in [-0.3, -0.25) is 4.79 Å². The Morgan fingerprint density at radius 3 is 2.91 bits per heavy atom. The molecule has 1 saturated heterocycles. The van der Waals surface area contributed by atoms with Crippen LogP contribution in [0.25, 0.3) is 0 Å². The zero-order chi connectivity index (χ0) is 17.3. The maximum Gasteiger partial charge on any atom is 0.259 e. The molecule has 23 heavy (non-hydrogen) atoms. The number of aromatic nitrogens is 1. The number of nitrogens with zero attached hydrogens (tertiary/aromatic N) is 2. The van der Waals surface area contributed by atoms with Gasteiger partial charge >= 0.3 is 0 Å². The Balaban J connectivity index is 2.15. The number of aliphatic hydroxyl groups excluding tert-OH is 1. The largest absolute Gasteiger partial charge is 0.480 e. The highest BCUT2D eigenvalue weighted by molar-refractivity contribution is 7.88. The normalized spacial score (nSPS) is 24.7. The van der Waals surface area contributed by atoms with E-state index in [1.54, 1.807) is 6.07 Å². The summed E-state index contributed by atoms with van der Waals surface area (Å²) in [4.78, 5) is 17.7. The van der Waals surface area contributed by atoms with Crippen LogP contribution in [-0.4, -0.2) is 79.1 Å². The molecule has 9 nitrogen and oxygen atoms in total. The second-order valence-electron chi connectivity index (χ2n) is 5.46. The van der Waals surface area contributed by atoms with E-state index in [4.69, 9.17) is 4.74 Å². The summed E-state index contributed by atoms with van der Waals surface area (Å²) in [6.07, 6.45) is 1.14. The summed E-state index contributed by atoms with van der Waals surface area (Å²) in [5.41, 5.74) is -1.56. The molecule has 1 aromatic heterocycles. The third-order valence-corrected chi connectivity index (χ3v) is 4.27. The molecule has 0 spiro atoms. The van der Waals surface area contributed by atoms with Gasteiger partial charge in [-0.2, -0.15) is 0 Å². The summed E-state index contributed by atoms with van der Waals surface area (Å²) in [6.45, 7) is -0.729. The van der Waals surface area contributed by atoms with Gasteiger partial charge in [0.1, 0.15) is 17.3 Å². The molecule has 3 N–H and O–H groups in total. The summed E-state index contributed by atoms with van der Waals surface area (Å²) in [7, 11) is -2.15. The lowest BCUT2D eigenvalue weighted by Gasteiger charge is -2.25. The molecule has 0 saturated carbocycles. The summed E-state index contributed by atoms with van der Waals surface area (Å²) < 4.78 is 29.5. The molecule has 1 aromatic rings. The van der Waals surface area contributed by atoms with Gasteiger partial charge in [0.25, 0.3) is 5.91 Å². The Morgan fingerprint density at radius 2 is 2.30 bits per heavy atom. The van der Waals surface area contributed by atoms with E-state index >= 15 is 0 Å². The van der Waals surface area contributed by atoms with Crippen molar-refractivity contribution in [3.05, 3.63) is 23.9 Å². The summed E-state index contributed by atoms with van der Waals surface area (Å²) in [5, 5.41) is 20.4. The number of carbonyl (C=O) groups excluding carboxylic acids is 1. The first-order chi connectivity index (χ1) is 10.7. The van der Waals surface area contributed by atoms with E-state index in [2.05, 4.69) is 9.71 Å². The lowest BCUT2D eigenvalue weighted by molar-refractivity contribution is -0.0352. The molecule has 2 rings (SSSR count). The molecule has 1 aliphatic heterocycles. The summed E-state index contributed by atoms with van der Waals surface area (Å²) >= 11 is 0. The second kappa shape index (κ2) is 6.40. The number of aliphatic hydroxyl groups is 2. The quantitative estimate of drug-likeness (QED) is 0.573. The Bertz CT molecular complexity index is 695. The number of pyridine rings is 1. The van der Waals surface area contributed by atoms with Crippen molar-refractivity contribution in [3.8, 4) is 5.88 Å². The number of rotatable bonds is 5. The van der Waals surface area contributed by atoms with E-state index < -0.39 is 27.6 Å². The summed E-state index contributed by atoms with van der Waals surface area (Å²) in [6, 6.07) is 3.09. The van der Waals surface area contributed by atoms with Gasteiger partial charge in [0.2, 0.25) is 15.9 Å². The fourth-order valence-electron chi connectivity index (χ4n) is 2.35. The van der Waals surface area contributed by atoms with Crippen molar-refractivity contribution in [2.45, 2.75) is 11.7 Å². The number of carbonyl (C=O) groups is 1. The topological polar surface area (TPSA) is 129 Å². The van der Waals surface area contributed by atoms with Crippen LogP contribution in [0, 0.1) is 0 Å². The molecule has 128 valence electrons. The molecular weight excluding hydrogens is 326 g/mol. The number of β-amino-alcohol motifs (C(OH)–C–C–N with tert-alkyl or cyclic N) is 2. The molecule has 1 amide bonds. The Kier molecular flexibility index (Phi) is 4.90. The van der Waals surface area contributed by atoms with Crippen LogP contribution in [0.15, 0.2) is 18.3 Å². The minimum Gasteiger partial charge on any atom is -0.480 e. The van der Waals surface area contributed by atoms with Gasteiger partial charge in [-0.25, -0.2) is 18.1 Å². The zero-order valence-corrected chi connectivity index (χ0v) is 13.6. The number of hydrogen-bond acceptors (Lipinski definition) is 7. The zero-order valence-electron chi connectivity index (χ0n) is 12.8. The molecule has 10 heteroatoms. The van der Waals surface area contributed by atoms with E-state index in [1.165, 1.54) is 24.3 Å². The molecule has 0 radical (unpaired) electrons. The van der Waals surface area contributed by atoms with Crippen molar-refractivity contribution in [2.75, 3.05) is 33.0 Å². The number of sulfonamides is 1. The van der Waals surface area contributed by atoms with Crippen molar-refractivity contribution in [1.82, 2.24) is 14.6 Å². The molecular formula is C13H19N3O6S. The third kappa shape index (κ3) is 3.96. The van der Waals surface area contributed by atoms with Crippen LogP contribution >= 0.6 is 0 Å². The van der Waals surface area contributed by atoms with Gasteiger partial charge in [0, 0.05) is 19.3 Å². The standard InChI is InChI=1S/C13H19N3O6S/c1-22-11-9(4-3-5-14-11)12(18)16-6-10(17)13(19,8-16)7-15-23(2,20)21/h3-5,10,15,17,19H,6-8H2,1-2H3/t10-,13+/m1/s1. The number of likely N-dealkylation sites (tertiary alicyclic amines) is 1. The number of amides is 1. The number of nitrogens with one attached hydrogen (secondary N) is 1. The van der Waals surface area contributed by atoms with Crippen molar-refractivity contribution in [3.63, 3.8) is 0 Å². The molecule has 2 heterocycles. The summed E-state index contributed by atoms with van der Waals surface area (Å²) in [5.74, 6) is -0.332. The fraction of sp³-hybridized carbons (Fsp3) is 0.538. The molecule has 1 fully saturated rings. The predicted molar refractivity (Wildman–Crippen MR) is 80.5 cm³/mol. The Morgan fingerprint density at radius 1 is 1.61 bits per heavy atom. The van der Waals surface area contributed by atoms with E-state index in [0.717, 1.165) is 6.26 Å². The van der Waals surface area contributed by atoms with Gasteiger partial charge in [-0.05, 0) is 12.1 Å². The van der Waals surface area contributed by atoms with Crippen LogP contribution in [0.2, 0.25) is 0 Å². The van der Waals surface area contributed by atoms with E-state index in [1.807, 2.05) is 0 Å². The van der Waals surface area contributed by atoms with Gasteiger partial charge in [0.05, 0.1) is 19.9 Å². The van der Waals surface area contributed by atoms with Gasteiger partial charge in [0.15, 0.2) is 0 Å². The van der Waals surface area contributed by atoms with Crippen LogP contribution < -0.4 is 9.46 Å². The van der Waals surface area contributed by atoms with Gasteiger partial charge in [-0.15, -0.1) is 0 Å². The van der Waals surface area contributed by atoms with Gasteiger partial charge < -0.3 is 19.8 Å². The smallest absolute Gasteiger partial charge is 0.259 e. The lowest BCUT2D eigenvalue weighted by Crippen LogP contribution is -2.51. The minimum absolute atomic E-state index is 0.126. The van der Waals surface area contributed by atoms with Crippen molar-refractivity contribution >= 4 is 15.9 Å². The first-order valence-electron chi connectivity index (χ1n) is 6.79. The van der Waals surface area contributed by atoms with Crippen molar-refractivity contribution in [1.29, 1.82) is 0 Å². The lowest BCUT2D eigenvalue weighted by atomic mass is 10.0. The average molecular weight is 345 g/mol. The monoisotopic (exact) mass is 345 g/mol. The predicted octanol–water partition coefficient (Wildman–Crippen LogP) is -1.81. The highest BCUT2D eigenvalue weighted by Gasteiger charge is 2.46. The van der Waals surface area contributed by atoms with Crippen molar-refractivity contribution < 1.29 is 28.2 Å². The molecule has 1 aliphatic rings. The number of ether oxygens (including phenoxy) is 1. The average Bonchev–Trinajstić information content (AvgIpc) is 2.80. The molecule has 0 aromatic carbocycles. The van der Waals surface area contributed by atoms with Gasteiger partial charge in [-0.1, -0.05) is 0 Å². The van der Waals surface area contributed by atoms with Crippen LogP contribution in [0.4, 0.5) is 0 Å². The van der Waals surface area contributed by atoms with Crippen LogP contribution in [-0.2, 0) is 10.0 Å². The first-order valence-corrected chi connectivity index (χ1v) is 8.69. The van der Waals surface area contributed by atoms with Crippen LogP contribution in [0.1, 0.15) is 10.4 Å². The molecule has 2 atom stereocenters. The van der Waals surface area contributed by atoms with Crippen LogP contribution in [0.5, 0.6) is 5.88 Å². The molecule has 0 unspecified atom stereocenters. The highest BCUT2D eigenvalue weighted by Crippen LogP contribution is 2.25. The van der Waals surface area contributed by atoms with E-state index in [-0.39, 0.29) is 31.1 Å². The minimum atomic E-state index is -3.53. The number of methoxy groups -OCH3 is 1. The highest BCUT2D eigenvalue weighted by atomic mass is 32.2. The molecule has 0 bridgehead atoms. The van der Waals surface area contributed by atoms with Crippen molar-refractivity contribution in [2.24, 2.45) is 0 Å². The van der Waals surface area contributed by atoms with Crippen LogP contribution in [0.3, 0.4) is 0 Å². The number of hydrogen-bond donors (Lipinski definition) is 3. The van der Waals surface area contributed by atoms with E-state index in [9.17, 15) is 23.4 Å². The maximum atomic E-state index is 12.5. The third-order valence-electron chi connectivity index (χ3n) is 3.60. The van der Waals surface area contributed by atoms with E-state index in [0.29, 0.717) is 0 Å². The Hall–Kier alpha value is -1.75. The Labute approximate surface area is 133 Å². The fourth-order valence-corrected chi connectivity index (χ4v) is 2.86. The second-order valence-corrected chi connectivity index (χ2v) is 7.29. The SMILES string of the molecule is COc1ncccc1C(=O)N1C[C@@H](O)[C@](O)(CNS(C)(=O)=O)C1. The molecule has 0 aliphatic carbocycles. The first kappa shape index (κ1) is 17.6. The maximum absolute atomic E-state index is 12.5.